The predicted molar refractivity (Wildman–Crippen MR) is 107 cm³/mol. The molecule has 0 saturated carbocycles. The lowest BCUT2D eigenvalue weighted by atomic mass is 10.2. The number of hydrogen-bond donors (Lipinski definition) is 0. The van der Waals surface area contributed by atoms with Gasteiger partial charge in [0.05, 0.1) is 17.0 Å². The molecule has 154 valence electrons. The molecule has 0 aromatic heterocycles. The van der Waals surface area contributed by atoms with Crippen LogP contribution in [0.5, 0.6) is 0 Å². The summed E-state index contributed by atoms with van der Waals surface area (Å²) in [5.74, 6) is 1.45. The van der Waals surface area contributed by atoms with Gasteiger partial charge in [-0.15, -0.1) is 0 Å². The van der Waals surface area contributed by atoms with E-state index in [1.165, 1.54) is 6.42 Å². The van der Waals surface area contributed by atoms with Gasteiger partial charge in [-0.05, 0) is 49.4 Å². The summed E-state index contributed by atoms with van der Waals surface area (Å²) < 4.78 is 35.3. The number of halogens is 4. The van der Waals surface area contributed by atoms with E-state index in [1.807, 2.05) is 24.0 Å². The van der Waals surface area contributed by atoms with E-state index >= 15 is 0 Å². The minimum absolute atomic E-state index is 0.174. The number of likely N-dealkylation sites (tertiary alicyclic amines) is 1. The maximum absolute atomic E-state index is 11.8. The van der Waals surface area contributed by atoms with Gasteiger partial charge < -0.3 is 4.90 Å². The molecule has 1 aliphatic rings. The lowest BCUT2D eigenvalue weighted by molar-refractivity contribution is -0.137. The summed E-state index contributed by atoms with van der Waals surface area (Å²) >= 11 is 5.71. The molecule has 2 nitrogen and oxygen atoms in total. The highest BCUT2D eigenvalue weighted by Gasteiger charge is 2.29. The smallest absolute Gasteiger partial charge is 0.303 e. The fourth-order valence-corrected chi connectivity index (χ4v) is 2.50. The van der Waals surface area contributed by atoms with Crippen molar-refractivity contribution in [2.75, 3.05) is 19.6 Å². The summed E-state index contributed by atoms with van der Waals surface area (Å²) in [6.45, 7) is 12.5. The van der Waals surface area contributed by atoms with Crippen molar-refractivity contribution in [2.45, 2.75) is 60.1 Å². The van der Waals surface area contributed by atoms with Gasteiger partial charge >= 0.3 is 6.18 Å². The molecule has 1 aromatic carbocycles. The maximum Gasteiger partial charge on any atom is 0.390 e. The molecule has 0 spiro atoms. The topological polar surface area (TPSA) is 27.0 Å². The average molecular weight is 405 g/mol. The lowest BCUT2D eigenvalue weighted by Gasteiger charge is -2.15. The van der Waals surface area contributed by atoms with Gasteiger partial charge in [-0.1, -0.05) is 51.8 Å². The Morgan fingerprint density at radius 3 is 2.30 bits per heavy atom. The van der Waals surface area contributed by atoms with Gasteiger partial charge in [-0.25, -0.2) is 0 Å². The second-order valence-corrected chi connectivity index (χ2v) is 7.86. The van der Waals surface area contributed by atoms with Crippen LogP contribution in [0.4, 0.5) is 13.2 Å². The van der Waals surface area contributed by atoms with Crippen molar-refractivity contribution in [2.24, 2.45) is 11.8 Å². The summed E-state index contributed by atoms with van der Waals surface area (Å²) in [5.41, 5.74) is 1.61. The fourth-order valence-electron chi connectivity index (χ4n) is 2.23. The molecule has 1 aliphatic heterocycles. The molecule has 27 heavy (non-hydrogen) atoms. The second-order valence-electron chi connectivity index (χ2n) is 7.46. The third-order valence-electron chi connectivity index (χ3n) is 4.28. The van der Waals surface area contributed by atoms with Crippen LogP contribution in [0.1, 0.15) is 58.1 Å². The Morgan fingerprint density at radius 2 is 1.93 bits per heavy atom. The number of aryl methyl sites for hydroxylation is 1. The molecule has 0 amide bonds. The van der Waals surface area contributed by atoms with Crippen LogP contribution in [0, 0.1) is 30.1 Å². The average Bonchev–Trinajstić information content (AvgIpc) is 2.99. The first kappa shape index (κ1) is 25.8. The number of nitriles is 1. The van der Waals surface area contributed by atoms with Gasteiger partial charge in [-0.2, -0.15) is 18.4 Å². The van der Waals surface area contributed by atoms with E-state index in [0.29, 0.717) is 16.5 Å². The number of hydrogen-bond acceptors (Lipinski definition) is 2. The van der Waals surface area contributed by atoms with Crippen LogP contribution in [0.25, 0.3) is 0 Å². The first-order chi connectivity index (χ1) is 12.5. The lowest BCUT2D eigenvalue weighted by Crippen LogP contribution is -2.25. The molecule has 0 N–H and O–H groups in total. The Balaban J connectivity index is 0.000000408. The van der Waals surface area contributed by atoms with Crippen molar-refractivity contribution < 1.29 is 13.2 Å². The minimum Gasteiger partial charge on any atom is -0.303 e. The summed E-state index contributed by atoms with van der Waals surface area (Å²) in [5, 5.41) is 9.00. The van der Waals surface area contributed by atoms with Crippen LogP contribution in [0.15, 0.2) is 18.2 Å². The van der Waals surface area contributed by atoms with E-state index in [9.17, 15) is 13.2 Å². The zero-order valence-corrected chi connectivity index (χ0v) is 17.8. The number of alkyl halides is 3. The summed E-state index contributed by atoms with van der Waals surface area (Å²) in [6.07, 6.45) is -2.32. The van der Waals surface area contributed by atoms with Crippen LogP contribution < -0.4 is 0 Å². The first-order valence-electron chi connectivity index (χ1n) is 9.43. The molecule has 0 bridgehead atoms. The van der Waals surface area contributed by atoms with E-state index in [2.05, 4.69) is 27.7 Å². The Morgan fingerprint density at radius 1 is 1.33 bits per heavy atom. The Hall–Kier alpha value is -1.25. The second kappa shape index (κ2) is 13.0. The quantitative estimate of drug-likeness (QED) is 0.550. The number of rotatable bonds is 3. The van der Waals surface area contributed by atoms with Gasteiger partial charge in [0.25, 0.3) is 0 Å². The van der Waals surface area contributed by atoms with Crippen molar-refractivity contribution >= 4 is 11.6 Å². The Labute approximate surface area is 167 Å². The largest absolute Gasteiger partial charge is 0.390 e. The molecule has 0 aliphatic carbocycles. The fraction of sp³-hybridized carbons (Fsp3) is 0.667. The Kier molecular flexibility index (Phi) is 12.4. The van der Waals surface area contributed by atoms with Gasteiger partial charge in [0.15, 0.2) is 0 Å². The van der Waals surface area contributed by atoms with Crippen molar-refractivity contribution in [1.82, 2.24) is 4.90 Å². The molecular weight excluding hydrogens is 373 g/mol. The monoisotopic (exact) mass is 404 g/mol. The van der Waals surface area contributed by atoms with Gasteiger partial charge in [0, 0.05) is 13.1 Å². The van der Waals surface area contributed by atoms with Crippen LogP contribution in [0.2, 0.25) is 5.02 Å². The molecule has 0 unspecified atom stereocenters. The summed E-state index contributed by atoms with van der Waals surface area (Å²) in [4.78, 5) is 1.89. The highest BCUT2D eigenvalue weighted by atomic mass is 35.5. The molecular formula is C21H32ClF3N2. The van der Waals surface area contributed by atoms with Crippen LogP contribution in [-0.2, 0) is 0 Å². The number of nitrogens with zero attached hydrogens (tertiary/aromatic N) is 2. The molecule has 1 heterocycles. The maximum atomic E-state index is 11.8. The van der Waals surface area contributed by atoms with Gasteiger partial charge in [-0.3, -0.25) is 0 Å². The molecule has 6 heteroatoms. The van der Waals surface area contributed by atoms with E-state index in [4.69, 9.17) is 16.9 Å². The van der Waals surface area contributed by atoms with Crippen LogP contribution in [-0.4, -0.2) is 30.7 Å². The summed E-state index contributed by atoms with van der Waals surface area (Å²) in [7, 11) is 0. The number of benzene rings is 1. The molecule has 1 saturated heterocycles. The van der Waals surface area contributed by atoms with Crippen molar-refractivity contribution in [3.8, 4) is 6.07 Å². The zero-order valence-electron chi connectivity index (χ0n) is 17.0. The van der Waals surface area contributed by atoms with E-state index in [0.717, 1.165) is 31.0 Å². The van der Waals surface area contributed by atoms with Gasteiger partial charge in [0.2, 0.25) is 0 Å². The predicted octanol–water partition coefficient (Wildman–Crippen LogP) is 6.85. The van der Waals surface area contributed by atoms with Crippen molar-refractivity contribution in [1.29, 1.82) is 5.26 Å². The molecule has 1 atom stereocenters. The highest BCUT2D eigenvalue weighted by molar-refractivity contribution is 6.31. The molecule has 2 rings (SSSR count). The zero-order chi connectivity index (χ0) is 21.0. The minimum atomic E-state index is -3.99. The normalized spacial score (nSPS) is 16.9. The summed E-state index contributed by atoms with van der Waals surface area (Å²) in [6, 6.07) is 7.35. The molecule has 1 fully saturated rings. The third-order valence-corrected chi connectivity index (χ3v) is 4.59. The molecule has 0 radical (unpaired) electrons. The van der Waals surface area contributed by atoms with Crippen LogP contribution in [0.3, 0.4) is 0 Å². The van der Waals surface area contributed by atoms with Crippen LogP contribution >= 0.6 is 11.6 Å². The molecule has 1 aromatic rings. The van der Waals surface area contributed by atoms with E-state index in [-0.39, 0.29) is 6.54 Å². The van der Waals surface area contributed by atoms with E-state index < -0.39 is 12.6 Å². The SMILES string of the molecule is CCC(C)C.C[C@H]1CCN(CCC(F)(F)F)C1.Cc1ccc(C#N)c(Cl)c1. The van der Waals surface area contributed by atoms with Crippen molar-refractivity contribution in [3.05, 3.63) is 34.3 Å². The van der Waals surface area contributed by atoms with Gasteiger partial charge in [0.1, 0.15) is 6.07 Å². The third kappa shape index (κ3) is 13.5. The van der Waals surface area contributed by atoms with Crippen molar-refractivity contribution in [3.63, 3.8) is 0 Å². The highest BCUT2D eigenvalue weighted by Crippen LogP contribution is 2.22. The standard InChI is InChI=1S/C8H6ClN.C8H14F3N.C5H12/c1-6-2-3-7(5-10)8(9)4-6;1-7-2-4-12(6-7)5-3-8(9,10)11;1-4-5(2)3/h2-4H,1H3;7H,2-6H2,1H3;5H,4H2,1-3H3/t;7-;/m.0./s1. The van der Waals surface area contributed by atoms with E-state index in [1.54, 1.807) is 12.1 Å². The first-order valence-corrected chi connectivity index (χ1v) is 9.81. The Bertz CT molecular complexity index is 580.